The Morgan fingerprint density at radius 1 is 1.47 bits per heavy atom. The normalized spacial score (nSPS) is 22.5. The molecule has 0 saturated carbocycles. The fourth-order valence-corrected chi connectivity index (χ4v) is 1.93. The van der Waals surface area contributed by atoms with Gasteiger partial charge in [-0.3, -0.25) is 4.79 Å². The summed E-state index contributed by atoms with van der Waals surface area (Å²) in [6, 6.07) is 0. The quantitative estimate of drug-likeness (QED) is 0.718. The molecule has 1 saturated heterocycles. The van der Waals surface area contributed by atoms with Crippen molar-refractivity contribution in [3.63, 3.8) is 0 Å². The van der Waals surface area contributed by atoms with Crippen LogP contribution in [-0.2, 0) is 9.53 Å². The van der Waals surface area contributed by atoms with Gasteiger partial charge in [-0.25, -0.2) is 0 Å². The van der Waals surface area contributed by atoms with Gasteiger partial charge in [0.25, 0.3) is 5.91 Å². The SMILES string of the molecule is CCC(C)(OC)C(=O)N1CCC(C)CC1. The zero-order chi connectivity index (χ0) is 11.5. The van der Waals surface area contributed by atoms with Gasteiger partial charge < -0.3 is 9.64 Å². The summed E-state index contributed by atoms with van der Waals surface area (Å²) in [4.78, 5) is 14.1. The number of ether oxygens (including phenoxy) is 1. The topological polar surface area (TPSA) is 29.5 Å². The minimum absolute atomic E-state index is 0.152. The van der Waals surface area contributed by atoms with Gasteiger partial charge in [0.1, 0.15) is 5.60 Å². The van der Waals surface area contributed by atoms with Gasteiger partial charge in [-0.15, -0.1) is 0 Å². The molecule has 1 unspecified atom stereocenters. The molecule has 1 aliphatic heterocycles. The van der Waals surface area contributed by atoms with E-state index < -0.39 is 5.60 Å². The standard InChI is InChI=1S/C12H23NO2/c1-5-12(3,15-4)11(14)13-8-6-10(2)7-9-13/h10H,5-9H2,1-4H3. The molecule has 1 fully saturated rings. The Kier molecular flexibility index (Phi) is 4.14. The van der Waals surface area contributed by atoms with Crippen LogP contribution in [0.1, 0.15) is 40.0 Å². The Balaban J connectivity index is 2.60. The highest BCUT2D eigenvalue weighted by molar-refractivity contribution is 5.84. The number of carbonyl (C=O) groups excluding carboxylic acids is 1. The zero-order valence-corrected chi connectivity index (χ0v) is 10.4. The lowest BCUT2D eigenvalue weighted by molar-refractivity contribution is -0.154. The van der Waals surface area contributed by atoms with Gasteiger partial charge in [0.2, 0.25) is 0 Å². The Labute approximate surface area is 92.8 Å². The number of hydrogen-bond acceptors (Lipinski definition) is 2. The molecule has 88 valence electrons. The lowest BCUT2D eigenvalue weighted by atomic mass is 9.95. The second-order valence-electron chi connectivity index (χ2n) is 4.76. The van der Waals surface area contributed by atoms with Crippen LogP contribution in [0.2, 0.25) is 0 Å². The third-order valence-corrected chi connectivity index (χ3v) is 3.65. The molecule has 0 aliphatic carbocycles. The van der Waals surface area contributed by atoms with E-state index >= 15 is 0 Å². The third-order valence-electron chi connectivity index (χ3n) is 3.65. The van der Waals surface area contributed by atoms with Crippen molar-refractivity contribution >= 4 is 5.91 Å². The van der Waals surface area contributed by atoms with E-state index in [1.165, 1.54) is 0 Å². The summed E-state index contributed by atoms with van der Waals surface area (Å²) >= 11 is 0. The molecule has 3 heteroatoms. The largest absolute Gasteiger partial charge is 0.369 e. The second-order valence-corrected chi connectivity index (χ2v) is 4.76. The Morgan fingerprint density at radius 3 is 2.40 bits per heavy atom. The maximum atomic E-state index is 12.2. The van der Waals surface area contributed by atoms with E-state index in [9.17, 15) is 4.79 Å². The van der Waals surface area contributed by atoms with Crippen LogP contribution in [-0.4, -0.2) is 36.6 Å². The van der Waals surface area contributed by atoms with Crippen LogP contribution in [0.3, 0.4) is 0 Å². The van der Waals surface area contributed by atoms with Crippen molar-refractivity contribution in [3.05, 3.63) is 0 Å². The first kappa shape index (κ1) is 12.5. The molecular weight excluding hydrogens is 190 g/mol. The van der Waals surface area contributed by atoms with Crippen LogP contribution in [0.25, 0.3) is 0 Å². The van der Waals surface area contributed by atoms with E-state index in [0.29, 0.717) is 0 Å². The fourth-order valence-electron chi connectivity index (χ4n) is 1.93. The van der Waals surface area contributed by atoms with Gasteiger partial charge in [-0.2, -0.15) is 0 Å². The molecule has 1 amide bonds. The van der Waals surface area contributed by atoms with Crippen molar-refractivity contribution in [2.45, 2.75) is 45.6 Å². The average molecular weight is 213 g/mol. The van der Waals surface area contributed by atoms with Crippen LogP contribution in [0.4, 0.5) is 0 Å². The maximum Gasteiger partial charge on any atom is 0.254 e. The summed E-state index contributed by atoms with van der Waals surface area (Å²) in [7, 11) is 1.62. The summed E-state index contributed by atoms with van der Waals surface area (Å²) in [6.45, 7) is 7.90. The number of likely N-dealkylation sites (tertiary alicyclic amines) is 1. The minimum atomic E-state index is -0.624. The predicted octanol–water partition coefficient (Wildman–Crippen LogP) is 2.06. The van der Waals surface area contributed by atoms with Crippen molar-refractivity contribution in [2.24, 2.45) is 5.92 Å². The molecule has 0 radical (unpaired) electrons. The molecule has 0 aromatic carbocycles. The van der Waals surface area contributed by atoms with E-state index in [-0.39, 0.29) is 5.91 Å². The van der Waals surface area contributed by atoms with Gasteiger partial charge in [-0.1, -0.05) is 13.8 Å². The van der Waals surface area contributed by atoms with Gasteiger partial charge in [0, 0.05) is 20.2 Å². The number of hydrogen-bond donors (Lipinski definition) is 0. The monoisotopic (exact) mass is 213 g/mol. The summed E-state index contributed by atoms with van der Waals surface area (Å²) in [5.74, 6) is 0.906. The molecule has 0 aromatic rings. The molecule has 3 nitrogen and oxygen atoms in total. The first-order valence-electron chi connectivity index (χ1n) is 5.88. The lowest BCUT2D eigenvalue weighted by Gasteiger charge is -2.36. The first-order chi connectivity index (χ1) is 7.03. The van der Waals surface area contributed by atoms with Crippen LogP contribution >= 0.6 is 0 Å². The average Bonchev–Trinajstić information content (AvgIpc) is 2.28. The zero-order valence-electron chi connectivity index (χ0n) is 10.4. The molecule has 0 N–H and O–H groups in total. The molecule has 0 bridgehead atoms. The lowest BCUT2D eigenvalue weighted by Crippen LogP contribution is -2.50. The van der Waals surface area contributed by atoms with E-state index in [2.05, 4.69) is 6.92 Å². The Morgan fingerprint density at radius 2 is 2.00 bits per heavy atom. The van der Waals surface area contributed by atoms with Gasteiger partial charge in [0.05, 0.1) is 0 Å². The van der Waals surface area contributed by atoms with Gasteiger partial charge >= 0.3 is 0 Å². The summed E-state index contributed by atoms with van der Waals surface area (Å²) in [5, 5.41) is 0. The molecular formula is C12H23NO2. The summed E-state index contributed by atoms with van der Waals surface area (Å²) in [5.41, 5.74) is -0.624. The number of methoxy groups -OCH3 is 1. The van der Waals surface area contributed by atoms with Crippen molar-refractivity contribution in [2.75, 3.05) is 20.2 Å². The third kappa shape index (κ3) is 2.71. The summed E-state index contributed by atoms with van der Waals surface area (Å²) < 4.78 is 5.34. The molecule has 1 aliphatic rings. The first-order valence-corrected chi connectivity index (χ1v) is 5.88. The number of amides is 1. The van der Waals surface area contributed by atoms with Crippen molar-refractivity contribution in [1.29, 1.82) is 0 Å². The van der Waals surface area contributed by atoms with Gasteiger partial charge in [0.15, 0.2) is 0 Å². The number of piperidine rings is 1. The highest BCUT2D eigenvalue weighted by Gasteiger charge is 2.35. The molecule has 1 heterocycles. The Bertz CT molecular complexity index is 216. The van der Waals surface area contributed by atoms with E-state index in [4.69, 9.17) is 4.74 Å². The highest BCUT2D eigenvalue weighted by atomic mass is 16.5. The van der Waals surface area contributed by atoms with Crippen LogP contribution < -0.4 is 0 Å². The maximum absolute atomic E-state index is 12.2. The molecule has 15 heavy (non-hydrogen) atoms. The van der Waals surface area contributed by atoms with E-state index in [1.807, 2.05) is 18.7 Å². The van der Waals surface area contributed by atoms with Crippen LogP contribution in [0.15, 0.2) is 0 Å². The van der Waals surface area contributed by atoms with Crippen LogP contribution in [0, 0.1) is 5.92 Å². The molecule has 0 aromatic heterocycles. The van der Waals surface area contributed by atoms with E-state index in [0.717, 1.165) is 38.3 Å². The van der Waals surface area contributed by atoms with E-state index in [1.54, 1.807) is 7.11 Å². The molecule has 0 spiro atoms. The molecule has 1 rings (SSSR count). The fraction of sp³-hybridized carbons (Fsp3) is 0.917. The van der Waals surface area contributed by atoms with Crippen molar-refractivity contribution < 1.29 is 9.53 Å². The highest BCUT2D eigenvalue weighted by Crippen LogP contribution is 2.22. The number of nitrogens with zero attached hydrogens (tertiary/aromatic N) is 1. The molecule has 1 atom stereocenters. The minimum Gasteiger partial charge on any atom is -0.369 e. The summed E-state index contributed by atoms with van der Waals surface area (Å²) in [6.07, 6.45) is 2.97. The Hall–Kier alpha value is -0.570. The van der Waals surface area contributed by atoms with Gasteiger partial charge in [-0.05, 0) is 32.1 Å². The smallest absolute Gasteiger partial charge is 0.254 e. The second kappa shape index (κ2) is 4.97. The number of rotatable bonds is 3. The number of carbonyl (C=O) groups is 1. The van der Waals surface area contributed by atoms with Crippen molar-refractivity contribution in [1.82, 2.24) is 4.90 Å². The van der Waals surface area contributed by atoms with Crippen LogP contribution in [0.5, 0.6) is 0 Å². The predicted molar refractivity (Wildman–Crippen MR) is 60.7 cm³/mol. The van der Waals surface area contributed by atoms with Crippen molar-refractivity contribution in [3.8, 4) is 0 Å².